The van der Waals surface area contributed by atoms with E-state index in [1.54, 1.807) is 51.9 Å². The van der Waals surface area contributed by atoms with Crippen molar-refractivity contribution in [3.8, 4) is 39.6 Å². The molecule has 4 aromatic rings. The number of hydrogen-bond donors (Lipinski definition) is 2. The second kappa shape index (κ2) is 30.5. The van der Waals surface area contributed by atoms with E-state index >= 15 is 0 Å². The van der Waals surface area contributed by atoms with Crippen LogP contribution in [0.3, 0.4) is 0 Å². The largest absolute Gasteiger partial charge is 0.496 e. The number of fused-ring (bicyclic) bond motifs is 3. The number of piperidine rings is 1. The first-order valence-electron chi connectivity index (χ1n) is 31.6. The maximum atomic E-state index is 14.5. The summed E-state index contributed by atoms with van der Waals surface area (Å²) in [5, 5.41) is 11.8. The van der Waals surface area contributed by atoms with E-state index in [0.29, 0.717) is 159 Å². The van der Waals surface area contributed by atoms with Crippen molar-refractivity contribution in [1.29, 1.82) is 0 Å². The number of amides is 4. The van der Waals surface area contributed by atoms with Gasteiger partial charge in [-0.25, -0.2) is 4.68 Å². The van der Waals surface area contributed by atoms with Crippen LogP contribution >= 0.6 is 23.2 Å². The number of carbonyl (C=O) groups excluding carboxylic acids is 7. The zero-order chi connectivity index (χ0) is 66.9. The minimum absolute atomic E-state index is 0.00893. The highest BCUT2D eigenvalue weighted by Crippen LogP contribution is 2.47. The number of ether oxygens (including phenoxy) is 6. The van der Waals surface area contributed by atoms with Gasteiger partial charge in [-0.15, -0.1) is 0 Å². The van der Waals surface area contributed by atoms with E-state index in [-0.39, 0.29) is 98.9 Å². The van der Waals surface area contributed by atoms with Crippen LogP contribution in [0.5, 0.6) is 11.5 Å². The van der Waals surface area contributed by atoms with Crippen molar-refractivity contribution < 1.29 is 62.0 Å². The van der Waals surface area contributed by atoms with Crippen LogP contribution in [0.1, 0.15) is 118 Å². The minimum atomic E-state index is -0.692. The molecule has 23 nitrogen and oxygen atoms in total. The number of likely N-dealkylation sites (tertiary alicyclic amines) is 1. The molecule has 1 aromatic heterocycles. The zero-order valence-electron chi connectivity index (χ0n) is 55.5. The molecule has 0 bridgehead atoms. The SMILES string of the molecule is COc1cc2c(cc1-c1cccc(NC(=O)CCC(=O)NC3CCN(C(=O)CN4CCN(CC(=O)OC(C)(C)C)CCN(CC(=O)OC(C)(C)C)CCN(CC(=O)OC(C)(C)C)CC4)CC3)c1)-c1c(c(C(=O)N3CCOCC3(C)C)nn1-c1cc(Cl)cc(Cl)c1)CO2. The summed E-state index contributed by atoms with van der Waals surface area (Å²) in [4.78, 5) is 107. The summed E-state index contributed by atoms with van der Waals surface area (Å²) in [7, 11) is 1.56. The van der Waals surface area contributed by atoms with Crippen LogP contribution in [0, 0.1) is 0 Å². The van der Waals surface area contributed by atoms with Gasteiger partial charge in [-0.05, 0) is 131 Å². The first-order chi connectivity index (χ1) is 43.3. The van der Waals surface area contributed by atoms with E-state index in [4.69, 9.17) is 56.7 Å². The fraction of sp³-hybridized carbons (Fsp3) is 0.582. The molecule has 4 aliphatic heterocycles. The number of benzene rings is 3. The van der Waals surface area contributed by atoms with E-state index in [9.17, 15) is 33.6 Å². The van der Waals surface area contributed by atoms with Crippen LogP contribution in [0.4, 0.5) is 5.69 Å². The highest BCUT2D eigenvalue weighted by Gasteiger charge is 2.40. The predicted octanol–water partition coefficient (Wildman–Crippen LogP) is 7.74. The number of esters is 3. The van der Waals surface area contributed by atoms with Gasteiger partial charge in [0, 0.05) is 129 Å². The summed E-state index contributed by atoms with van der Waals surface area (Å²) < 4.78 is 36.8. The zero-order valence-corrected chi connectivity index (χ0v) is 57.0. The van der Waals surface area contributed by atoms with Crippen LogP contribution in [0.25, 0.3) is 28.1 Å². The molecule has 502 valence electrons. The van der Waals surface area contributed by atoms with E-state index in [2.05, 4.69) is 10.6 Å². The maximum absolute atomic E-state index is 14.5. The predicted molar refractivity (Wildman–Crippen MR) is 350 cm³/mol. The third-order valence-corrected chi connectivity index (χ3v) is 16.4. The summed E-state index contributed by atoms with van der Waals surface area (Å²) in [6.45, 7) is 25.8. The van der Waals surface area contributed by atoms with Crippen LogP contribution < -0.4 is 20.1 Å². The molecule has 4 amide bonds. The standard InChI is InChI=1S/C67H92Cl2N10O13/c1-64(2,3)90-58(83)39-74-24-22-73(23-25-75(40-59(84)91-65(4,5)6)27-29-76(28-26-74)41-60(85)92-66(7,8)9)38-57(82)77-20-18-47(19-21-77)70-55(80)16-17-56(81)71-48-15-13-14-44(32-48)50-36-51-54(37-53(50)87-12)89-42-52-61(63(86)78-30-31-88-43-67(78,10)11)72-79(62(51)52)49-34-45(68)33-46(69)35-49/h13-15,32-37,47H,16-31,38-43H2,1-12H3,(H,70,80)(H,71,81). The van der Waals surface area contributed by atoms with Gasteiger partial charge in [-0.2, -0.15) is 5.10 Å². The smallest absolute Gasteiger partial charge is 0.320 e. The molecule has 5 heterocycles. The Balaban J connectivity index is 0.883. The number of hydrogen-bond acceptors (Lipinski definition) is 18. The van der Waals surface area contributed by atoms with E-state index in [1.165, 1.54) is 0 Å². The summed E-state index contributed by atoms with van der Waals surface area (Å²) in [5.41, 5.74) is 1.82. The third-order valence-electron chi connectivity index (χ3n) is 16.0. The van der Waals surface area contributed by atoms with Gasteiger partial charge in [0.1, 0.15) is 34.9 Å². The van der Waals surface area contributed by atoms with Crippen molar-refractivity contribution in [2.24, 2.45) is 0 Å². The number of morpholine rings is 1. The molecule has 8 rings (SSSR count). The van der Waals surface area contributed by atoms with Gasteiger partial charge in [0.05, 0.1) is 63.4 Å². The molecular weight excluding hydrogens is 1220 g/mol. The Hall–Kier alpha value is -6.86. The van der Waals surface area contributed by atoms with Crippen molar-refractivity contribution in [2.75, 3.05) is 124 Å². The Morgan fingerprint density at radius 3 is 1.67 bits per heavy atom. The lowest BCUT2D eigenvalue weighted by Gasteiger charge is -2.41. The normalized spacial score (nSPS) is 17.6. The number of nitrogens with zero attached hydrogens (tertiary/aromatic N) is 8. The average Bonchev–Trinajstić information content (AvgIpc) is 1.53. The number of nitrogens with one attached hydrogen (secondary N) is 2. The summed E-state index contributed by atoms with van der Waals surface area (Å²) in [6.07, 6.45) is 0.900. The molecule has 0 unspecified atom stereocenters. The average molecular weight is 1320 g/mol. The number of methoxy groups -OCH3 is 1. The Kier molecular flexibility index (Phi) is 23.5. The molecule has 3 aromatic carbocycles. The van der Waals surface area contributed by atoms with Gasteiger partial charge in [0.2, 0.25) is 17.7 Å². The van der Waals surface area contributed by atoms with E-state index in [0.717, 1.165) is 0 Å². The van der Waals surface area contributed by atoms with Crippen LogP contribution in [0.15, 0.2) is 54.6 Å². The summed E-state index contributed by atoms with van der Waals surface area (Å²) in [6, 6.07) is 15.9. The molecule has 2 N–H and O–H groups in total. The lowest BCUT2D eigenvalue weighted by Crippen LogP contribution is -2.55. The van der Waals surface area contributed by atoms with E-state index in [1.807, 2.05) is 120 Å². The van der Waals surface area contributed by atoms with Gasteiger partial charge in [-0.3, -0.25) is 53.2 Å². The maximum Gasteiger partial charge on any atom is 0.320 e. The number of halogens is 2. The molecule has 0 radical (unpaired) electrons. The molecule has 0 saturated carbocycles. The van der Waals surface area contributed by atoms with E-state index < -0.39 is 22.3 Å². The van der Waals surface area contributed by atoms with Gasteiger partial charge in [-0.1, -0.05) is 35.3 Å². The minimum Gasteiger partial charge on any atom is -0.496 e. The molecule has 25 heteroatoms. The number of rotatable bonds is 17. The second-order valence-corrected chi connectivity index (χ2v) is 28.5. The molecule has 4 aliphatic rings. The highest BCUT2D eigenvalue weighted by molar-refractivity contribution is 6.34. The van der Waals surface area contributed by atoms with Crippen LogP contribution in [-0.2, 0) is 54.3 Å². The number of anilines is 1. The Labute approximate surface area is 550 Å². The molecular formula is C67H92Cl2N10O13. The Morgan fingerprint density at radius 2 is 1.16 bits per heavy atom. The van der Waals surface area contributed by atoms with Crippen LogP contribution in [-0.4, -0.2) is 228 Å². The number of aromatic nitrogens is 2. The lowest BCUT2D eigenvalue weighted by atomic mass is 9.95. The molecule has 0 spiro atoms. The molecule has 0 aliphatic carbocycles. The fourth-order valence-electron chi connectivity index (χ4n) is 11.6. The van der Waals surface area contributed by atoms with Crippen molar-refractivity contribution in [3.05, 3.63) is 75.9 Å². The highest BCUT2D eigenvalue weighted by atomic mass is 35.5. The second-order valence-electron chi connectivity index (χ2n) is 27.6. The van der Waals surface area contributed by atoms with Gasteiger partial charge < -0.3 is 48.9 Å². The summed E-state index contributed by atoms with van der Waals surface area (Å²) in [5.74, 6) is -1.14. The first-order valence-corrected chi connectivity index (χ1v) is 32.4. The fourth-order valence-corrected chi connectivity index (χ4v) is 12.1. The van der Waals surface area contributed by atoms with Gasteiger partial charge in [0.15, 0.2) is 5.69 Å². The summed E-state index contributed by atoms with van der Waals surface area (Å²) >= 11 is 13.1. The third kappa shape index (κ3) is 20.3. The lowest BCUT2D eigenvalue weighted by molar-refractivity contribution is -0.158. The monoisotopic (exact) mass is 1310 g/mol. The molecule has 3 saturated heterocycles. The Morgan fingerprint density at radius 1 is 0.641 bits per heavy atom. The van der Waals surface area contributed by atoms with Crippen molar-refractivity contribution in [2.45, 2.75) is 137 Å². The van der Waals surface area contributed by atoms with Crippen molar-refractivity contribution in [3.63, 3.8) is 0 Å². The topological polar surface area (TPSA) is 236 Å². The van der Waals surface area contributed by atoms with Gasteiger partial charge in [0.25, 0.3) is 5.91 Å². The Bertz CT molecular complexity index is 3260. The first kappa shape index (κ1) is 71.0. The molecule has 3 fully saturated rings. The quantitative estimate of drug-likeness (QED) is 0.0759. The van der Waals surface area contributed by atoms with Gasteiger partial charge >= 0.3 is 17.9 Å². The molecule has 0 atom stereocenters. The van der Waals surface area contributed by atoms with Crippen molar-refractivity contribution in [1.82, 2.24) is 44.5 Å². The molecule has 92 heavy (non-hydrogen) atoms. The number of carbonyl (C=O) groups is 7. The van der Waals surface area contributed by atoms with Crippen molar-refractivity contribution >= 4 is 70.4 Å². The van der Waals surface area contributed by atoms with Crippen LogP contribution in [0.2, 0.25) is 10.0 Å².